The minimum atomic E-state index is -1.13. The van der Waals surface area contributed by atoms with Gasteiger partial charge in [0, 0.05) is 17.7 Å². The van der Waals surface area contributed by atoms with Crippen molar-refractivity contribution in [2.45, 2.75) is 0 Å². The number of hydrogen-bond donors (Lipinski definition) is 1. The number of carboxylic acid groups (broad SMARTS) is 1. The van der Waals surface area contributed by atoms with E-state index in [0.717, 1.165) is 0 Å². The highest BCUT2D eigenvalue weighted by Crippen LogP contribution is 2.25. The molecule has 0 unspecified atom stereocenters. The number of hydrogen-bond acceptors (Lipinski definition) is 5. The molecule has 0 amide bonds. The van der Waals surface area contributed by atoms with Crippen LogP contribution in [0.1, 0.15) is 10.4 Å². The van der Waals surface area contributed by atoms with E-state index in [4.69, 9.17) is 9.84 Å². The fourth-order valence-corrected chi connectivity index (χ4v) is 1.68. The normalized spacial score (nSPS) is 10.1. The third-order valence-electron chi connectivity index (χ3n) is 2.69. The number of aromatic nitrogens is 1. The first-order valence-corrected chi connectivity index (χ1v) is 5.55. The highest BCUT2D eigenvalue weighted by atomic mass is 16.6. The van der Waals surface area contributed by atoms with Crippen LogP contribution in [0.15, 0.2) is 36.5 Å². The van der Waals surface area contributed by atoms with E-state index in [1.54, 1.807) is 0 Å². The molecule has 0 aliphatic rings. The fourth-order valence-electron chi connectivity index (χ4n) is 1.68. The number of benzene rings is 1. The number of aromatic carboxylic acids is 1. The number of carbonyl (C=O) groups is 1. The van der Waals surface area contributed by atoms with Crippen LogP contribution in [0.5, 0.6) is 5.75 Å². The van der Waals surface area contributed by atoms with Gasteiger partial charge in [0.1, 0.15) is 5.56 Å². The van der Waals surface area contributed by atoms with Crippen LogP contribution in [0.25, 0.3) is 11.3 Å². The molecule has 0 bridgehead atoms. The van der Waals surface area contributed by atoms with E-state index in [-0.39, 0.29) is 17.0 Å². The van der Waals surface area contributed by atoms with Gasteiger partial charge in [-0.1, -0.05) is 0 Å². The summed E-state index contributed by atoms with van der Waals surface area (Å²) in [4.78, 5) is 25.3. The molecule has 1 N–H and O–H groups in total. The van der Waals surface area contributed by atoms with Gasteiger partial charge in [-0.25, -0.2) is 4.79 Å². The zero-order valence-corrected chi connectivity index (χ0v) is 10.4. The van der Waals surface area contributed by atoms with Gasteiger partial charge in [0.25, 0.3) is 5.69 Å². The minimum Gasteiger partial charge on any atom is -0.494 e. The first-order valence-electron chi connectivity index (χ1n) is 5.55. The van der Waals surface area contributed by atoms with Crippen molar-refractivity contribution in [2.24, 2.45) is 0 Å². The minimum absolute atomic E-state index is 0.0177. The lowest BCUT2D eigenvalue weighted by Gasteiger charge is -2.06. The van der Waals surface area contributed by atoms with E-state index in [9.17, 15) is 14.9 Å². The number of non-ortho nitro benzene ring substituents is 1. The summed E-state index contributed by atoms with van der Waals surface area (Å²) in [6, 6.07) is 7.06. The molecule has 7 nitrogen and oxygen atoms in total. The van der Waals surface area contributed by atoms with E-state index in [1.165, 1.54) is 43.6 Å². The highest BCUT2D eigenvalue weighted by Gasteiger charge is 2.14. The Kier molecular flexibility index (Phi) is 3.60. The molecular formula is C13H10N2O5. The largest absolute Gasteiger partial charge is 0.494 e. The maximum Gasteiger partial charge on any atom is 0.339 e. The van der Waals surface area contributed by atoms with E-state index >= 15 is 0 Å². The van der Waals surface area contributed by atoms with Crippen molar-refractivity contribution < 1.29 is 19.6 Å². The van der Waals surface area contributed by atoms with E-state index in [2.05, 4.69) is 4.98 Å². The molecule has 2 aromatic rings. The summed E-state index contributed by atoms with van der Waals surface area (Å²) in [5.41, 5.74) is 0.926. The summed E-state index contributed by atoms with van der Waals surface area (Å²) < 4.78 is 4.92. The Balaban J connectivity index is 2.45. The Labute approximate surface area is 113 Å². The Hall–Kier alpha value is -2.96. The lowest BCUT2D eigenvalue weighted by atomic mass is 10.1. The van der Waals surface area contributed by atoms with Gasteiger partial charge < -0.3 is 9.84 Å². The van der Waals surface area contributed by atoms with Gasteiger partial charge in [-0.3, -0.25) is 15.1 Å². The van der Waals surface area contributed by atoms with Crippen molar-refractivity contribution in [1.82, 2.24) is 4.98 Å². The van der Waals surface area contributed by atoms with Crippen molar-refractivity contribution in [3.63, 3.8) is 0 Å². The lowest BCUT2D eigenvalue weighted by molar-refractivity contribution is -0.384. The number of carboxylic acids is 1. The van der Waals surface area contributed by atoms with Gasteiger partial charge in [-0.15, -0.1) is 0 Å². The quantitative estimate of drug-likeness (QED) is 0.678. The van der Waals surface area contributed by atoms with Crippen LogP contribution < -0.4 is 4.74 Å². The smallest absolute Gasteiger partial charge is 0.339 e. The van der Waals surface area contributed by atoms with Crippen molar-refractivity contribution >= 4 is 11.7 Å². The Morgan fingerprint density at radius 1 is 1.35 bits per heavy atom. The number of ether oxygens (including phenoxy) is 1. The van der Waals surface area contributed by atoms with Crippen LogP contribution in [0.4, 0.5) is 5.69 Å². The van der Waals surface area contributed by atoms with Crippen LogP contribution in [0.2, 0.25) is 0 Å². The summed E-state index contributed by atoms with van der Waals surface area (Å²) in [6.07, 6.45) is 1.31. The maximum absolute atomic E-state index is 11.1. The number of nitro benzene ring substituents is 1. The molecule has 0 saturated carbocycles. The van der Waals surface area contributed by atoms with Gasteiger partial charge in [0.2, 0.25) is 0 Å². The number of nitrogens with zero attached hydrogens (tertiary/aromatic N) is 2. The summed E-state index contributed by atoms with van der Waals surface area (Å²) in [5.74, 6) is -0.976. The van der Waals surface area contributed by atoms with Gasteiger partial charge >= 0.3 is 5.97 Å². The van der Waals surface area contributed by atoms with Crippen LogP contribution in [0.3, 0.4) is 0 Å². The Bertz CT molecular complexity index is 667. The second-order valence-corrected chi connectivity index (χ2v) is 3.88. The number of nitro groups is 1. The molecular weight excluding hydrogens is 264 g/mol. The fraction of sp³-hybridized carbons (Fsp3) is 0.0769. The monoisotopic (exact) mass is 274 g/mol. The first-order chi connectivity index (χ1) is 9.52. The van der Waals surface area contributed by atoms with E-state index in [1.807, 2.05) is 0 Å². The zero-order chi connectivity index (χ0) is 14.7. The summed E-state index contributed by atoms with van der Waals surface area (Å²) in [6.45, 7) is 0. The summed E-state index contributed by atoms with van der Waals surface area (Å²) in [7, 11) is 1.36. The Morgan fingerprint density at radius 3 is 2.50 bits per heavy atom. The molecule has 20 heavy (non-hydrogen) atoms. The molecule has 1 aromatic carbocycles. The van der Waals surface area contributed by atoms with Crippen molar-refractivity contribution in [3.8, 4) is 17.0 Å². The van der Waals surface area contributed by atoms with Crippen molar-refractivity contribution in [2.75, 3.05) is 7.11 Å². The molecule has 1 aromatic heterocycles. The average Bonchev–Trinajstić information content (AvgIpc) is 2.46. The van der Waals surface area contributed by atoms with E-state index in [0.29, 0.717) is 11.3 Å². The molecule has 0 aliphatic carbocycles. The molecule has 0 fully saturated rings. The standard InChI is InChI=1S/C13H10N2O5/c1-20-12-7-14-11(6-10(12)13(16)17)8-2-4-9(5-3-8)15(18)19/h2-7H,1H3,(H,16,17). The maximum atomic E-state index is 11.1. The molecule has 0 radical (unpaired) electrons. The van der Waals surface area contributed by atoms with Crippen LogP contribution >= 0.6 is 0 Å². The van der Waals surface area contributed by atoms with Crippen molar-refractivity contribution in [3.05, 3.63) is 52.2 Å². The Morgan fingerprint density at radius 2 is 2.00 bits per heavy atom. The van der Waals surface area contributed by atoms with E-state index < -0.39 is 10.9 Å². The third-order valence-corrected chi connectivity index (χ3v) is 2.69. The predicted molar refractivity (Wildman–Crippen MR) is 69.8 cm³/mol. The molecule has 0 saturated heterocycles. The average molecular weight is 274 g/mol. The molecule has 7 heteroatoms. The summed E-state index contributed by atoms with van der Waals surface area (Å²) in [5, 5.41) is 19.7. The highest BCUT2D eigenvalue weighted by molar-refractivity contribution is 5.92. The lowest BCUT2D eigenvalue weighted by Crippen LogP contribution is -2.02. The molecule has 1 heterocycles. The molecule has 0 atom stereocenters. The number of rotatable bonds is 4. The van der Waals surface area contributed by atoms with Crippen LogP contribution in [0, 0.1) is 10.1 Å². The van der Waals surface area contributed by atoms with Gasteiger partial charge in [0.15, 0.2) is 5.75 Å². The molecule has 0 spiro atoms. The number of pyridine rings is 1. The van der Waals surface area contributed by atoms with Crippen LogP contribution in [-0.2, 0) is 0 Å². The van der Waals surface area contributed by atoms with Gasteiger partial charge in [0.05, 0.1) is 23.9 Å². The zero-order valence-electron chi connectivity index (χ0n) is 10.4. The second kappa shape index (κ2) is 5.35. The topological polar surface area (TPSA) is 103 Å². The SMILES string of the molecule is COc1cnc(-c2ccc([N+](=O)[O-])cc2)cc1C(=O)O. The van der Waals surface area contributed by atoms with Gasteiger partial charge in [-0.2, -0.15) is 0 Å². The first kappa shape index (κ1) is 13.5. The second-order valence-electron chi connectivity index (χ2n) is 3.88. The molecule has 2 rings (SSSR count). The van der Waals surface area contributed by atoms with Crippen molar-refractivity contribution in [1.29, 1.82) is 0 Å². The van der Waals surface area contributed by atoms with Crippen LogP contribution in [-0.4, -0.2) is 28.1 Å². The molecule has 102 valence electrons. The summed E-state index contributed by atoms with van der Waals surface area (Å²) >= 11 is 0. The van der Waals surface area contributed by atoms with Gasteiger partial charge in [-0.05, 0) is 18.2 Å². The number of methoxy groups -OCH3 is 1. The third kappa shape index (κ3) is 2.56. The molecule has 0 aliphatic heterocycles. The predicted octanol–water partition coefficient (Wildman–Crippen LogP) is 2.36.